The summed E-state index contributed by atoms with van der Waals surface area (Å²) in [6, 6.07) is 83.1. The zero-order valence-electron chi connectivity index (χ0n) is 36.2. The minimum atomic E-state index is 0.605. The van der Waals surface area contributed by atoms with Gasteiger partial charge in [-0.2, -0.15) is 0 Å². The van der Waals surface area contributed by atoms with Crippen molar-refractivity contribution in [1.29, 1.82) is 0 Å². The third-order valence-corrected chi connectivity index (χ3v) is 13.7. The maximum absolute atomic E-state index is 5.50. The molecule has 0 radical (unpaired) electrons. The van der Waals surface area contributed by atoms with Crippen LogP contribution in [-0.2, 0) is 0 Å². The van der Waals surface area contributed by atoms with E-state index in [1.165, 1.54) is 64.8 Å². The lowest BCUT2D eigenvalue weighted by Crippen LogP contribution is -2.02. The second-order valence-corrected chi connectivity index (χ2v) is 17.6. The number of hydrogen-bond acceptors (Lipinski definition) is 3. The van der Waals surface area contributed by atoms with Gasteiger partial charge in [-0.15, -0.1) is 0 Å². The van der Waals surface area contributed by atoms with E-state index in [4.69, 9.17) is 15.0 Å². The number of hydrogen-bond donors (Lipinski definition) is 0. The summed E-state index contributed by atoms with van der Waals surface area (Å²) in [7, 11) is 0. The zero-order chi connectivity index (χ0) is 44.0. The summed E-state index contributed by atoms with van der Waals surface area (Å²) >= 11 is 0. The molecule has 0 aliphatic carbocycles. The van der Waals surface area contributed by atoms with Crippen molar-refractivity contribution in [2.24, 2.45) is 0 Å². The van der Waals surface area contributed by atoms with E-state index in [0.29, 0.717) is 17.5 Å². The maximum Gasteiger partial charge on any atom is 0.164 e. The lowest BCUT2D eigenvalue weighted by atomic mass is 9.91. The molecule has 12 aromatic carbocycles. The molecule has 0 amide bonds. The van der Waals surface area contributed by atoms with Crippen LogP contribution in [0.1, 0.15) is 0 Å². The minimum absolute atomic E-state index is 0.605. The number of aromatic nitrogens is 4. The van der Waals surface area contributed by atoms with Gasteiger partial charge in [0.2, 0.25) is 0 Å². The molecule has 67 heavy (non-hydrogen) atoms. The number of rotatable bonds is 6. The van der Waals surface area contributed by atoms with Crippen molar-refractivity contribution in [2.75, 3.05) is 0 Å². The quantitative estimate of drug-likeness (QED) is 0.157. The van der Waals surface area contributed by atoms with Crippen LogP contribution < -0.4 is 0 Å². The molecule has 2 heterocycles. The molecular formula is C63H38N4. The van der Waals surface area contributed by atoms with Crippen molar-refractivity contribution < 1.29 is 0 Å². The van der Waals surface area contributed by atoms with E-state index in [9.17, 15) is 0 Å². The number of benzene rings is 12. The Labute approximate surface area is 386 Å². The van der Waals surface area contributed by atoms with Gasteiger partial charge in [-0.05, 0) is 119 Å². The normalized spacial score (nSPS) is 11.9. The van der Waals surface area contributed by atoms with Crippen molar-refractivity contribution >= 4 is 75.7 Å². The van der Waals surface area contributed by atoms with Crippen LogP contribution in [0.3, 0.4) is 0 Å². The fraction of sp³-hybridized carbons (Fsp3) is 0. The van der Waals surface area contributed by atoms with Crippen molar-refractivity contribution in [3.63, 3.8) is 0 Å². The summed E-state index contributed by atoms with van der Waals surface area (Å²) in [4.78, 5) is 16.2. The molecule has 0 saturated heterocycles. The van der Waals surface area contributed by atoms with Crippen LogP contribution in [0.2, 0.25) is 0 Å². The van der Waals surface area contributed by atoms with E-state index >= 15 is 0 Å². The molecular weight excluding hydrogens is 813 g/mol. The largest absolute Gasteiger partial charge is 0.309 e. The van der Waals surface area contributed by atoms with Gasteiger partial charge in [-0.25, -0.2) is 15.0 Å². The van der Waals surface area contributed by atoms with Crippen LogP contribution in [0.25, 0.3) is 138 Å². The predicted octanol–water partition coefficient (Wildman–Crippen LogP) is 16.5. The Balaban J connectivity index is 1.08. The standard InChI is InChI=1S/C63H38N4/c1-3-14-39(15-4-1)44-30-31-53-52-24-11-12-25-57(52)67(58(53)38-44)48-35-46(56-37-45-18-7-8-21-49(45)50-22-9-10-23-51(50)56)34-47(36-48)62-64-61(43-16-5-2-6-17-43)65-63(66-62)55-33-29-42-27-26-40-19-13-20-41-28-32-54(55)60(42)59(40)41/h1-38H. The fourth-order valence-electron chi connectivity index (χ4n) is 10.6. The molecule has 2 aromatic heterocycles. The van der Waals surface area contributed by atoms with Crippen molar-refractivity contribution in [2.45, 2.75) is 0 Å². The van der Waals surface area contributed by atoms with E-state index in [1.807, 2.05) is 18.2 Å². The lowest BCUT2D eigenvalue weighted by molar-refractivity contribution is 1.07. The average molecular weight is 851 g/mol. The molecule has 0 aliphatic rings. The van der Waals surface area contributed by atoms with Gasteiger partial charge in [-0.3, -0.25) is 0 Å². The first-order valence-electron chi connectivity index (χ1n) is 22.8. The van der Waals surface area contributed by atoms with E-state index in [0.717, 1.165) is 55.5 Å². The summed E-state index contributed by atoms with van der Waals surface area (Å²) in [5.74, 6) is 1.86. The minimum Gasteiger partial charge on any atom is -0.309 e. The van der Waals surface area contributed by atoms with Crippen molar-refractivity contribution in [3.8, 4) is 62.1 Å². The Morgan fingerprint density at radius 1 is 0.254 bits per heavy atom. The molecule has 0 N–H and O–H groups in total. The highest BCUT2D eigenvalue weighted by atomic mass is 15.0. The molecule has 14 aromatic rings. The summed E-state index contributed by atoms with van der Waals surface area (Å²) in [5, 5.41) is 14.5. The zero-order valence-corrected chi connectivity index (χ0v) is 36.2. The SMILES string of the molecule is c1ccc(-c2ccc3c4ccccc4n(-c4cc(-c5nc(-c6ccccc6)nc(-c6ccc7ccc8cccc9ccc6c7c89)n5)cc(-c5cc6ccccc6c6ccccc56)c4)c3c2)cc1. The van der Waals surface area contributed by atoms with Gasteiger partial charge in [0.15, 0.2) is 17.5 Å². The summed E-state index contributed by atoms with van der Waals surface area (Å²) < 4.78 is 2.43. The Hall–Kier alpha value is -8.99. The second kappa shape index (κ2) is 14.8. The van der Waals surface area contributed by atoms with Gasteiger partial charge in [0.05, 0.1) is 11.0 Å². The second-order valence-electron chi connectivity index (χ2n) is 17.6. The van der Waals surface area contributed by atoms with Gasteiger partial charge < -0.3 is 4.57 Å². The summed E-state index contributed by atoms with van der Waals surface area (Å²) in [6.07, 6.45) is 0. The highest BCUT2D eigenvalue weighted by Gasteiger charge is 2.21. The lowest BCUT2D eigenvalue weighted by Gasteiger charge is -2.17. The molecule has 4 nitrogen and oxygen atoms in total. The molecule has 4 heteroatoms. The third-order valence-electron chi connectivity index (χ3n) is 13.7. The first kappa shape index (κ1) is 37.4. The summed E-state index contributed by atoms with van der Waals surface area (Å²) in [5.41, 5.74) is 10.6. The van der Waals surface area contributed by atoms with Crippen LogP contribution in [0.5, 0.6) is 0 Å². The molecule has 0 spiro atoms. The third kappa shape index (κ3) is 5.97. The van der Waals surface area contributed by atoms with Gasteiger partial charge in [0.25, 0.3) is 0 Å². The Morgan fingerprint density at radius 2 is 0.821 bits per heavy atom. The van der Waals surface area contributed by atoms with Crippen LogP contribution >= 0.6 is 0 Å². The molecule has 0 fully saturated rings. The highest BCUT2D eigenvalue weighted by Crippen LogP contribution is 2.43. The topological polar surface area (TPSA) is 43.6 Å². The molecule has 0 bridgehead atoms. The number of para-hydroxylation sites is 1. The van der Waals surface area contributed by atoms with Crippen LogP contribution in [-0.4, -0.2) is 19.5 Å². The molecule has 14 rings (SSSR count). The van der Waals surface area contributed by atoms with E-state index in [2.05, 4.69) is 217 Å². The maximum atomic E-state index is 5.50. The molecule has 0 unspecified atom stereocenters. The molecule has 0 aliphatic heterocycles. The molecule has 0 saturated carbocycles. The summed E-state index contributed by atoms with van der Waals surface area (Å²) in [6.45, 7) is 0. The fourth-order valence-corrected chi connectivity index (χ4v) is 10.6. The van der Waals surface area contributed by atoms with Gasteiger partial charge in [-0.1, -0.05) is 188 Å². The van der Waals surface area contributed by atoms with Crippen LogP contribution in [0, 0.1) is 0 Å². The molecule has 0 atom stereocenters. The van der Waals surface area contributed by atoms with E-state index < -0.39 is 0 Å². The first-order chi connectivity index (χ1) is 33.2. The van der Waals surface area contributed by atoms with Crippen LogP contribution in [0.4, 0.5) is 0 Å². The van der Waals surface area contributed by atoms with Gasteiger partial charge in [0, 0.05) is 33.2 Å². The van der Waals surface area contributed by atoms with Gasteiger partial charge in [0.1, 0.15) is 0 Å². The monoisotopic (exact) mass is 850 g/mol. The van der Waals surface area contributed by atoms with Gasteiger partial charge >= 0.3 is 0 Å². The Kier molecular flexibility index (Phi) is 8.25. The highest BCUT2D eigenvalue weighted by molar-refractivity contribution is 6.25. The predicted molar refractivity (Wildman–Crippen MR) is 280 cm³/mol. The van der Waals surface area contributed by atoms with E-state index in [1.54, 1.807) is 0 Å². The van der Waals surface area contributed by atoms with Crippen LogP contribution in [0.15, 0.2) is 231 Å². The first-order valence-corrected chi connectivity index (χ1v) is 22.8. The van der Waals surface area contributed by atoms with Crippen molar-refractivity contribution in [1.82, 2.24) is 19.5 Å². The Morgan fingerprint density at radius 3 is 1.63 bits per heavy atom. The molecule has 310 valence electrons. The number of fused-ring (bicyclic) bond motifs is 6. The smallest absolute Gasteiger partial charge is 0.164 e. The number of nitrogens with zero attached hydrogens (tertiary/aromatic N) is 4. The van der Waals surface area contributed by atoms with Crippen molar-refractivity contribution in [3.05, 3.63) is 231 Å². The Bertz CT molecular complexity index is 4250. The average Bonchev–Trinajstić information content (AvgIpc) is 3.74. The van der Waals surface area contributed by atoms with E-state index in [-0.39, 0.29) is 0 Å².